The van der Waals surface area contributed by atoms with Crippen molar-refractivity contribution in [1.82, 2.24) is 10.3 Å². The Balaban J connectivity index is 1.57. The second-order valence-electron chi connectivity index (χ2n) is 8.64. The fraction of sp³-hybridized carbons (Fsp3) is 0.222. The fourth-order valence-electron chi connectivity index (χ4n) is 4.76. The minimum Gasteiger partial charge on any atom is -0.344 e. The molecule has 1 fully saturated rings. The highest BCUT2D eigenvalue weighted by atomic mass is 19.1. The van der Waals surface area contributed by atoms with Crippen molar-refractivity contribution in [2.24, 2.45) is 5.92 Å². The van der Waals surface area contributed by atoms with Crippen molar-refractivity contribution < 1.29 is 18.4 Å². The van der Waals surface area contributed by atoms with Crippen molar-refractivity contribution >= 4 is 23.0 Å². The normalized spacial score (nSPS) is 18.3. The molecule has 1 aromatic heterocycles. The number of amides is 1. The van der Waals surface area contributed by atoms with Crippen LogP contribution in [0.15, 0.2) is 72.7 Å². The average Bonchev–Trinajstić information content (AvgIpc) is 2.83. The van der Waals surface area contributed by atoms with E-state index in [4.69, 9.17) is 0 Å². The molecule has 5 nitrogen and oxygen atoms in total. The molecule has 3 aromatic rings. The summed E-state index contributed by atoms with van der Waals surface area (Å²) < 4.78 is 28.8. The van der Waals surface area contributed by atoms with Crippen molar-refractivity contribution in [3.63, 3.8) is 0 Å². The molecule has 34 heavy (non-hydrogen) atoms. The van der Waals surface area contributed by atoms with Crippen molar-refractivity contribution in [1.29, 1.82) is 0 Å². The van der Waals surface area contributed by atoms with Crippen molar-refractivity contribution in [3.05, 3.63) is 101 Å². The first kappa shape index (κ1) is 21.9. The number of carbonyl (C=O) groups is 2. The minimum absolute atomic E-state index is 0.0346. The highest BCUT2D eigenvalue weighted by Crippen LogP contribution is 2.39. The zero-order valence-corrected chi connectivity index (χ0v) is 18.6. The standard InChI is InChI=1S/C27H23F2N3O2/c1-16-25(20-8-3-9-23(29)22(20)15-32(16)19-7-4-12-30-14-19)27(34)31-26(21-10-11-24(21)33)17-5-2-6-18(28)13-17/h2-9,12-14,21,26H,10-11,15H2,1H3,(H,31,34)/t21?,26-/m1/s1. The summed E-state index contributed by atoms with van der Waals surface area (Å²) in [6.07, 6.45) is 4.36. The topological polar surface area (TPSA) is 62.3 Å². The van der Waals surface area contributed by atoms with E-state index in [0.29, 0.717) is 40.8 Å². The lowest BCUT2D eigenvalue weighted by Crippen LogP contribution is -2.42. The van der Waals surface area contributed by atoms with Crippen LogP contribution >= 0.6 is 0 Å². The first-order valence-electron chi connectivity index (χ1n) is 11.2. The zero-order valence-electron chi connectivity index (χ0n) is 18.6. The molecule has 2 heterocycles. The number of aromatic nitrogens is 1. The van der Waals surface area contributed by atoms with E-state index in [-0.39, 0.29) is 12.3 Å². The Morgan fingerprint density at radius 1 is 1.15 bits per heavy atom. The van der Waals surface area contributed by atoms with Gasteiger partial charge < -0.3 is 10.2 Å². The van der Waals surface area contributed by atoms with Crippen LogP contribution in [0.2, 0.25) is 0 Å². The predicted molar refractivity (Wildman–Crippen MR) is 124 cm³/mol. The molecular formula is C27H23F2N3O2. The lowest BCUT2D eigenvalue weighted by atomic mass is 9.75. The molecule has 1 aliphatic carbocycles. The maximum Gasteiger partial charge on any atom is 0.254 e. The van der Waals surface area contributed by atoms with E-state index in [2.05, 4.69) is 10.3 Å². The summed E-state index contributed by atoms with van der Waals surface area (Å²) in [4.78, 5) is 32.1. The van der Waals surface area contributed by atoms with Crippen LogP contribution in [0.5, 0.6) is 0 Å². The van der Waals surface area contributed by atoms with Gasteiger partial charge in [-0.05, 0) is 54.8 Å². The number of anilines is 1. The van der Waals surface area contributed by atoms with Gasteiger partial charge in [0.05, 0.1) is 30.0 Å². The molecule has 2 aliphatic rings. The number of halogens is 2. The van der Waals surface area contributed by atoms with Crippen LogP contribution in [0, 0.1) is 17.6 Å². The van der Waals surface area contributed by atoms with Gasteiger partial charge in [0.2, 0.25) is 0 Å². The summed E-state index contributed by atoms with van der Waals surface area (Å²) in [5.74, 6) is -1.66. The van der Waals surface area contributed by atoms with Crippen LogP contribution in [0.4, 0.5) is 14.5 Å². The molecule has 5 rings (SSSR count). The molecule has 2 atom stereocenters. The summed E-state index contributed by atoms with van der Waals surface area (Å²) in [6.45, 7) is 2.06. The van der Waals surface area contributed by atoms with Gasteiger partial charge in [0.25, 0.3) is 5.91 Å². The van der Waals surface area contributed by atoms with E-state index in [9.17, 15) is 18.4 Å². The van der Waals surface area contributed by atoms with E-state index in [1.807, 2.05) is 11.0 Å². The van der Waals surface area contributed by atoms with Crippen LogP contribution in [-0.2, 0) is 16.1 Å². The van der Waals surface area contributed by atoms with Gasteiger partial charge in [-0.1, -0.05) is 24.3 Å². The fourth-order valence-corrected chi connectivity index (χ4v) is 4.76. The smallest absolute Gasteiger partial charge is 0.254 e. The zero-order chi connectivity index (χ0) is 23.8. The molecule has 1 N–H and O–H groups in total. The van der Waals surface area contributed by atoms with Crippen LogP contribution in [0.1, 0.15) is 42.5 Å². The summed E-state index contributed by atoms with van der Waals surface area (Å²) >= 11 is 0. The summed E-state index contributed by atoms with van der Waals surface area (Å²) in [5, 5.41) is 2.98. The summed E-state index contributed by atoms with van der Waals surface area (Å²) in [5.41, 5.74) is 3.13. The summed E-state index contributed by atoms with van der Waals surface area (Å²) in [7, 11) is 0. The first-order chi connectivity index (χ1) is 16.4. The monoisotopic (exact) mass is 459 g/mol. The SMILES string of the molecule is CC1=C(C(=O)N[C@H](c2cccc(F)c2)C2CCC2=O)c2cccc(F)c2CN1c1cccnc1. The number of fused-ring (bicyclic) bond motifs is 1. The number of hydrogen-bond donors (Lipinski definition) is 1. The van der Waals surface area contributed by atoms with Crippen molar-refractivity contribution in [3.8, 4) is 0 Å². The molecule has 1 unspecified atom stereocenters. The molecule has 7 heteroatoms. The van der Waals surface area contributed by atoms with E-state index in [0.717, 1.165) is 5.69 Å². The van der Waals surface area contributed by atoms with Gasteiger partial charge in [0.1, 0.15) is 17.4 Å². The number of pyridine rings is 1. The van der Waals surface area contributed by atoms with Gasteiger partial charge in [-0.3, -0.25) is 14.6 Å². The third-order valence-electron chi connectivity index (χ3n) is 6.67. The number of carbonyl (C=O) groups excluding carboxylic acids is 2. The number of rotatable bonds is 5. The third kappa shape index (κ3) is 3.87. The van der Waals surface area contributed by atoms with Crippen LogP contribution in [-0.4, -0.2) is 16.7 Å². The molecule has 172 valence electrons. The number of hydrogen-bond acceptors (Lipinski definition) is 4. The van der Waals surface area contributed by atoms with Gasteiger partial charge in [-0.25, -0.2) is 8.78 Å². The van der Waals surface area contributed by atoms with Gasteiger partial charge in [-0.2, -0.15) is 0 Å². The first-order valence-corrected chi connectivity index (χ1v) is 11.2. The quantitative estimate of drug-likeness (QED) is 0.587. The maximum atomic E-state index is 14.9. The molecule has 1 amide bonds. The van der Waals surface area contributed by atoms with Gasteiger partial charge in [-0.15, -0.1) is 0 Å². The van der Waals surface area contributed by atoms with Gasteiger partial charge >= 0.3 is 0 Å². The minimum atomic E-state index is -0.671. The second kappa shape index (κ2) is 8.82. The summed E-state index contributed by atoms with van der Waals surface area (Å²) in [6, 6.07) is 13.6. The molecule has 0 radical (unpaired) electrons. The van der Waals surface area contributed by atoms with E-state index in [1.165, 1.54) is 18.2 Å². The Bertz CT molecular complexity index is 1310. The van der Waals surface area contributed by atoms with Crippen molar-refractivity contribution in [2.75, 3.05) is 4.90 Å². The molecule has 0 bridgehead atoms. The molecule has 0 spiro atoms. The van der Waals surface area contributed by atoms with E-state index < -0.39 is 29.5 Å². The predicted octanol–water partition coefficient (Wildman–Crippen LogP) is 4.95. The van der Waals surface area contributed by atoms with E-state index >= 15 is 0 Å². The largest absolute Gasteiger partial charge is 0.344 e. The molecule has 1 saturated carbocycles. The molecular weight excluding hydrogens is 436 g/mol. The highest BCUT2D eigenvalue weighted by molar-refractivity contribution is 6.22. The average molecular weight is 459 g/mol. The highest BCUT2D eigenvalue weighted by Gasteiger charge is 2.39. The number of allylic oxidation sites excluding steroid dienone is 1. The van der Waals surface area contributed by atoms with E-state index in [1.54, 1.807) is 49.6 Å². The van der Waals surface area contributed by atoms with Crippen molar-refractivity contribution in [2.45, 2.75) is 32.4 Å². The second-order valence-corrected chi connectivity index (χ2v) is 8.64. The Hall–Kier alpha value is -3.87. The van der Waals surface area contributed by atoms with Crippen LogP contribution in [0.25, 0.3) is 5.57 Å². The Labute approximate surface area is 196 Å². The Kier molecular flexibility index (Phi) is 5.69. The van der Waals surface area contributed by atoms with Gasteiger partial charge in [0.15, 0.2) is 0 Å². The number of Topliss-reactive ketones (excluding diaryl/α,β-unsaturated/α-hetero) is 1. The number of benzene rings is 2. The number of nitrogens with zero attached hydrogens (tertiary/aromatic N) is 2. The van der Waals surface area contributed by atoms with Crippen LogP contribution < -0.4 is 10.2 Å². The molecule has 2 aromatic carbocycles. The van der Waals surface area contributed by atoms with Gasteiger partial charge in [0, 0.05) is 29.8 Å². The number of nitrogens with one attached hydrogen (secondary N) is 1. The number of ketones is 1. The third-order valence-corrected chi connectivity index (χ3v) is 6.67. The molecule has 0 saturated heterocycles. The maximum absolute atomic E-state index is 14.9. The lowest BCUT2D eigenvalue weighted by molar-refractivity contribution is -0.131. The molecule has 1 aliphatic heterocycles. The lowest BCUT2D eigenvalue weighted by Gasteiger charge is -2.36. The Morgan fingerprint density at radius 3 is 2.65 bits per heavy atom. The van der Waals surface area contributed by atoms with Crippen LogP contribution in [0.3, 0.4) is 0 Å². The Morgan fingerprint density at radius 2 is 1.97 bits per heavy atom.